The van der Waals surface area contributed by atoms with Crippen LogP contribution in [0.25, 0.3) is 17.4 Å². The van der Waals surface area contributed by atoms with Crippen LogP contribution in [0.2, 0.25) is 0 Å². The number of carbonyl (C=O) groups excluding carboxylic acids is 1. The molecule has 0 aliphatic carbocycles. The van der Waals surface area contributed by atoms with Crippen molar-refractivity contribution in [3.63, 3.8) is 0 Å². The molecule has 1 aliphatic rings. The Labute approximate surface area is 236 Å². The van der Waals surface area contributed by atoms with E-state index in [1.165, 1.54) is 10.6 Å². The van der Waals surface area contributed by atoms with Crippen LogP contribution in [0.15, 0.2) is 41.0 Å². The van der Waals surface area contributed by atoms with E-state index in [4.69, 9.17) is 14.9 Å². The molecule has 1 amide bonds. The number of nitrogens with two attached hydrogens (primary N) is 1. The molecule has 15 heteroatoms. The molecule has 1 aliphatic heterocycles. The van der Waals surface area contributed by atoms with Gasteiger partial charge in [0.2, 0.25) is 17.7 Å². The Bertz CT molecular complexity index is 1450. The molecule has 3 aromatic heterocycles. The zero-order chi connectivity index (χ0) is 28.8. The number of rotatable bonds is 12. The van der Waals surface area contributed by atoms with E-state index in [-0.39, 0.29) is 24.3 Å². The number of hydrogen-bond acceptors (Lipinski definition) is 12. The van der Waals surface area contributed by atoms with Crippen LogP contribution in [-0.2, 0) is 4.79 Å². The number of likely N-dealkylation sites (N-methyl/N-ethyl adjacent to an activating group) is 2. The standard InChI is InChI=1S/C26H34FN11O3/c1-29-7-9-35(2)22(39)17-41-18-5-6-20(19(27)16-18)37-13-11-36(12-14-37)10-8-30-25-32-24(28)38-26(33-25)31-23(34-38)21-4-3-15-40-21/h3-6,15-16,29H,7-14,17H2,1-2H3,(H3,28,30,31,32,33,34). The number of nitrogens with zero attached hydrogens (tertiary/aromatic N) is 8. The lowest BCUT2D eigenvalue weighted by atomic mass is 10.2. The summed E-state index contributed by atoms with van der Waals surface area (Å²) in [6, 6.07) is 8.25. The molecule has 0 saturated carbocycles. The van der Waals surface area contributed by atoms with Crippen molar-refractivity contribution in [1.82, 2.24) is 39.7 Å². The molecule has 41 heavy (non-hydrogen) atoms. The first-order valence-corrected chi connectivity index (χ1v) is 13.4. The second-order valence-corrected chi connectivity index (χ2v) is 9.61. The fraction of sp³-hybridized carbons (Fsp3) is 0.423. The number of aromatic nitrogens is 5. The van der Waals surface area contributed by atoms with E-state index in [1.807, 2.05) is 11.9 Å². The van der Waals surface area contributed by atoms with Crippen molar-refractivity contribution in [1.29, 1.82) is 0 Å². The summed E-state index contributed by atoms with van der Waals surface area (Å²) in [4.78, 5) is 31.1. The van der Waals surface area contributed by atoms with Crippen LogP contribution in [0, 0.1) is 5.82 Å². The lowest BCUT2D eigenvalue weighted by Gasteiger charge is -2.36. The second kappa shape index (κ2) is 12.8. The highest BCUT2D eigenvalue weighted by molar-refractivity contribution is 5.77. The number of carbonyl (C=O) groups is 1. The predicted molar refractivity (Wildman–Crippen MR) is 151 cm³/mol. The van der Waals surface area contributed by atoms with E-state index in [0.717, 1.165) is 19.6 Å². The molecule has 0 radical (unpaired) electrons. The highest BCUT2D eigenvalue weighted by Gasteiger charge is 2.20. The van der Waals surface area contributed by atoms with Gasteiger partial charge in [0.05, 0.1) is 12.0 Å². The quantitative estimate of drug-likeness (QED) is 0.222. The van der Waals surface area contributed by atoms with E-state index in [1.54, 1.807) is 42.5 Å². The van der Waals surface area contributed by atoms with Crippen LogP contribution >= 0.6 is 0 Å². The van der Waals surface area contributed by atoms with E-state index in [2.05, 4.69) is 35.6 Å². The van der Waals surface area contributed by atoms with Gasteiger partial charge in [0.1, 0.15) is 11.6 Å². The Balaban J connectivity index is 1.08. The van der Waals surface area contributed by atoms with E-state index >= 15 is 0 Å². The zero-order valence-corrected chi connectivity index (χ0v) is 23.1. The highest BCUT2D eigenvalue weighted by atomic mass is 19.1. The van der Waals surface area contributed by atoms with Crippen LogP contribution in [0.5, 0.6) is 5.75 Å². The van der Waals surface area contributed by atoms with Crippen molar-refractivity contribution in [3.8, 4) is 17.3 Å². The topological polar surface area (TPSA) is 155 Å². The molecule has 0 unspecified atom stereocenters. The molecule has 1 saturated heterocycles. The third kappa shape index (κ3) is 6.81. The number of nitrogen functional groups attached to an aromatic ring is 1. The van der Waals surface area contributed by atoms with Gasteiger partial charge in [-0.25, -0.2) is 4.39 Å². The summed E-state index contributed by atoms with van der Waals surface area (Å²) in [7, 11) is 3.53. The first-order valence-electron chi connectivity index (χ1n) is 13.4. The highest BCUT2D eigenvalue weighted by Crippen LogP contribution is 2.25. The maximum Gasteiger partial charge on any atom is 0.260 e. The monoisotopic (exact) mass is 567 g/mol. The molecule has 218 valence electrons. The van der Waals surface area contributed by atoms with Crippen LogP contribution in [0.3, 0.4) is 0 Å². The van der Waals surface area contributed by atoms with Crippen molar-refractivity contribution in [3.05, 3.63) is 42.4 Å². The lowest BCUT2D eigenvalue weighted by Crippen LogP contribution is -2.48. The summed E-state index contributed by atoms with van der Waals surface area (Å²) in [6.45, 7) is 5.36. The smallest absolute Gasteiger partial charge is 0.260 e. The Morgan fingerprint density at radius 1 is 1.17 bits per heavy atom. The van der Waals surface area contributed by atoms with Gasteiger partial charge in [-0.1, -0.05) is 0 Å². The number of amides is 1. The van der Waals surface area contributed by atoms with Crippen LogP contribution in [0.4, 0.5) is 22.0 Å². The Morgan fingerprint density at radius 3 is 2.73 bits per heavy atom. The zero-order valence-electron chi connectivity index (χ0n) is 23.1. The molecule has 4 heterocycles. The van der Waals surface area contributed by atoms with Crippen molar-refractivity contribution in [2.45, 2.75) is 0 Å². The molecule has 4 N–H and O–H groups in total. The number of nitrogens with one attached hydrogen (secondary N) is 2. The number of ether oxygens (including phenoxy) is 1. The van der Waals surface area contributed by atoms with Gasteiger partial charge in [0, 0.05) is 65.5 Å². The molecule has 14 nitrogen and oxygen atoms in total. The first-order chi connectivity index (χ1) is 19.9. The van der Waals surface area contributed by atoms with Crippen LogP contribution in [0.1, 0.15) is 0 Å². The van der Waals surface area contributed by atoms with Crippen molar-refractivity contribution in [2.75, 3.05) is 89.0 Å². The normalized spacial score (nSPS) is 14.0. The summed E-state index contributed by atoms with van der Waals surface area (Å²) in [5, 5.41) is 10.5. The molecule has 1 aromatic carbocycles. The van der Waals surface area contributed by atoms with E-state index < -0.39 is 0 Å². The number of anilines is 3. The van der Waals surface area contributed by atoms with Crippen molar-refractivity contribution < 1.29 is 18.3 Å². The van der Waals surface area contributed by atoms with Crippen LogP contribution in [-0.4, -0.2) is 113 Å². The number of furan rings is 1. The molecule has 5 rings (SSSR count). The van der Waals surface area contributed by atoms with Gasteiger partial charge in [-0.05, 0) is 31.3 Å². The summed E-state index contributed by atoms with van der Waals surface area (Å²) < 4.78 is 27.1. The van der Waals surface area contributed by atoms with Gasteiger partial charge >= 0.3 is 0 Å². The van der Waals surface area contributed by atoms with E-state index in [9.17, 15) is 9.18 Å². The molecular weight excluding hydrogens is 533 g/mol. The van der Waals surface area contributed by atoms with Gasteiger partial charge in [0.15, 0.2) is 12.4 Å². The average Bonchev–Trinajstić information content (AvgIpc) is 3.66. The predicted octanol–water partition coefficient (Wildman–Crippen LogP) is 0.791. The van der Waals surface area contributed by atoms with Gasteiger partial charge in [-0.15, -0.1) is 5.10 Å². The number of halogens is 1. The summed E-state index contributed by atoms with van der Waals surface area (Å²) in [6.07, 6.45) is 1.55. The van der Waals surface area contributed by atoms with Crippen molar-refractivity contribution >= 4 is 29.3 Å². The number of fused-ring (bicyclic) bond motifs is 1. The lowest BCUT2D eigenvalue weighted by molar-refractivity contribution is -0.132. The fourth-order valence-electron chi connectivity index (χ4n) is 4.43. The minimum atomic E-state index is -0.373. The maximum absolute atomic E-state index is 14.9. The molecule has 4 aromatic rings. The summed E-state index contributed by atoms with van der Waals surface area (Å²) in [5.41, 5.74) is 6.57. The molecule has 0 atom stereocenters. The third-order valence-corrected chi connectivity index (χ3v) is 6.80. The Kier molecular flexibility index (Phi) is 8.74. The largest absolute Gasteiger partial charge is 0.484 e. The summed E-state index contributed by atoms with van der Waals surface area (Å²) in [5.74, 6) is 1.54. The molecule has 0 bridgehead atoms. The van der Waals surface area contributed by atoms with Gasteiger partial charge < -0.3 is 35.3 Å². The first kappa shape index (κ1) is 28.0. The molecule has 0 spiro atoms. The fourth-order valence-corrected chi connectivity index (χ4v) is 4.43. The summed E-state index contributed by atoms with van der Waals surface area (Å²) >= 11 is 0. The molecule has 1 fully saturated rings. The Morgan fingerprint density at radius 2 is 2.00 bits per heavy atom. The SMILES string of the molecule is CNCCN(C)C(=O)COc1ccc(N2CCN(CCNc3nc(N)n4nc(-c5ccco5)nc4n3)CC2)c(F)c1. The average molecular weight is 568 g/mol. The van der Waals surface area contributed by atoms with Gasteiger partial charge in [-0.3, -0.25) is 9.69 Å². The second-order valence-electron chi connectivity index (χ2n) is 9.61. The Hall–Kier alpha value is -4.50. The van der Waals surface area contributed by atoms with Gasteiger partial charge in [-0.2, -0.15) is 19.5 Å². The number of hydrogen-bond donors (Lipinski definition) is 3. The third-order valence-electron chi connectivity index (χ3n) is 6.80. The molecular formula is C26H34FN11O3. The van der Waals surface area contributed by atoms with E-state index in [0.29, 0.717) is 67.5 Å². The van der Waals surface area contributed by atoms with Crippen molar-refractivity contribution in [2.24, 2.45) is 0 Å². The minimum Gasteiger partial charge on any atom is -0.484 e. The van der Waals surface area contributed by atoms with Gasteiger partial charge in [0.25, 0.3) is 11.7 Å². The minimum absolute atomic E-state index is 0.137. The maximum atomic E-state index is 14.9. The number of benzene rings is 1. The number of piperazine rings is 1. The van der Waals surface area contributed by atoms with Crippen LogP contribution < -0.4 is 26.0 Å².